The van der Waals surface area contributed by atoms with Crippen molar-refractivity contribution in [1.29, 1.82) is 0 Å². The van der Waals surface area contributed by atoms with E-state index in [9.17, 15) is 4.79 Å². The maximum Gasteiger partial charge on any atom is 0.175 e. The lowest BCUT2D eigenvalue weighted by atomic mass is 9.92. The monoisotopic (exact) mass is 167 g/mol. The van der Waals surface area contributed by atoms with E-state index in [0.717, 1.165) is 31.3 Å². The number of carbonyl (C=O) groups excluding carboxylic acids is 1. The highest BCUT2D eigenvalue weighted by Crippen LogP contribution is 2.28. The van der Waals surface area contributed by atoms with E-state index in [1.807, 2.05) is 13.8 Å². The third-order valence-electron chi connectivity index (χ3n) is 2.41. The summed E-state index contributed by atoms with van der Waals surface area (Å²) < 4.78 is 0. The molecule has 1 aliphatic rings. The highest BCUT2D eigenvalue weighted by atomic mass is 16.1. The Labute approximate surface area is 73.8 Å². The Bertz CT molecular complexity index is 208. The topological polar surface area (TPSA) is 43.1 Å². The lowest BCUT2D eigenvalue weighted by molar-refractivity contribution is -0.119. The number of allylic oxidation sites excluding steroid dienone is 1. The molecule has 2 N–H and O–H groups in total. The molecule has 2 heteroatoms. The minimum absolute atomic E-state index is 0.111. The van der Waals surface area contributed by atoms with Gasteiger partial charge in [0.2, 0.25) is 0 Å². The molecule has 1 aliphatic carbocycles. The quantitative estimate of drug-likeness (QED) is 0.637. The number of hydrogen-bond acceptors (Lipinski definition) is 2. The van der Waals surface area contributed by atoms with Crippen molar-refractivity contribution in [3.63, 3.8) is 0 Å². The molecule has 1 saturated carbocycles. The van der Waals surface area contributed by atoms with Gasteiger partial charge in [-0.1, -0.05) is 18.4 Å². The minimum atomic E-state index is -0.530. The Morgan fingerprint density at radius 2 is 1.83 bits per heavy atom. The maximum absolute atomic E-state index is 11.6. The van der Waals surface area contributed by atoms with E-state index in [1.165, 1.54) is 0 Å². The van der Waals surface area contributed by atoms with Crippen LogP contribution in [0.2, 0.25) is 0 Å². The third kappa shape index (κ3) is 1.95. The second kappa shape index (κ2) is 3.40. The summed E-state index contributed by atoms with van der Waals surface area (Å²) in [6, 6.07) is 0. The van der Waals surface area contributed by atoms with Crippen molar-refractivity contribution in [2.24, 2.45) is 5.73 Å². The molecular weight excluding hydrogens is 150 g/mol. The zero-order valence-electron chi connectivity index (χ0n) is 7.89. The van der Waals surface area contributed by atoms with E-state index >= 15 is 0 Å². The standard InChI is InChI=1S/C10H17NO/c1-8(2)7-9(12)10(11)5-3-4-6-10/h7H,3-6,11H2,1-2H3. The molecule has 2 nitrogen and oxygen atoms in total. The summed E-state index contributed by atoms with van der Waals surface area (Å²) in [5.41, 5.74) is 6.46. The average Bonchev–Trinajstić information content (AvgIpc) is 2.36. The summed E-state index contributed by atoms with van der Waals surface area (Å²) in [6.45, 7) is 3.85. The van der Waals surface area contributed by atoms with Crippen LogP contribution in [0.15, 0.2) is 11.6 Å². The van der Waals surface area contributed by atoms with Gasteiger partial charge in [0.15, 0.2) is 5.78 Å². The van der Waals surface area contributed by atoms with Crippen LogP contribution in [-0.4, -0.2) is 11.3 Å². The van der Waals surface area contributed by atoms with Crippen molar-refractivity contribution < 1.29 is 4.79 Å². The molecule has 0 bridgehead atoms. The summed E-state index contributed by atoms with van der Waals surface area (Å²) in [4.78, 5) is 11.6. The lowest BCUT2D eigenvalue weighted by Gasteiger charge is -2.19. The van der Waals surface area contributed by atoms with E-state index in [0.29, 0.717) is 0 Å². The Morgan fingerprint density at radius 1 is 1.33 bits per heavy atom. The van der Waals surface area contributed by atoms with E-state index in [2.05, 4.69) is 0 Å². The van der Waals surface area contributed by atoms with Crippen molar-refractivity contribution in [3.8, 4) is 0 Å². The van der Waals surface area contributed by atoms with Crippen molar-refractivity contribution >= 4 is 5.78 Å². The van der Waals surface area contributed by atoms with Crippen molar-refractivity contribution in [2.75, 3.05) is 0 Å². The molecule has 0 aromatic carbocycles. The van der Waals surface area contributed by atoms with Crippen LogP contribution in [0.5, 0.6) is 0 Å². The Morgan fingerprint density at radius 3 is 2.25 bits per heavy atom. The highest BCUT2D eigenvalue weighted by molar-refractivity contribution is 5.98. The lowest BCUT2D eigenvalue weighted by Crippen LogP contribution is -2.44. The molecule has 0 aromatic rings. The molecule has 0 heterocycles. The van der Waals surface area contributed by atoms with Crippen LogP contribution in [0.25, 0.3) is 0 Å². The zero-order valence-corrected chi connectivity index (χ0v) is 7.89. The molecule has 0 radical (unpaired) electrons. The van der Waals surface area contributed by atoms with Gasteiger partial charge in [-0.05, 0) is 32.8 Å². The molecule has 0 aliphatic heterocycles. The second-order valence-corrected chi connectivity index (χ2v) is 3.95. The van der Waals surface area contributed by atoms with Crippen molar-refractivity contribution in [1.82, 2.24) is 0 Å². The third-order valence-corrected chi connectivity index (χ3v) is 2.41. The van der Waals surface area contributed by atoms with Crippen LogP contribution in [0.1, 0.15) is 39.5 Å². The van der Waals surface area contributed by atoms with Gasteiger partial charge >= 0.3 is 0 Å². The summed E-state index contributed by atoms with van der Waals surface area (Å²) >= 11 is 0. The van der Waals surface area contributed by atoms with E-state index in [4.69, 9.17) is 5.73 Å². The average molecular weight is 167 g/mol. The molecule has 1 rings (SSSR count). The Balaban J connectivity index is 2.68. The van der Waals surface area contributed by atoms with E-state index < -0.39 is 5.54 Å². The molecular formula is C10H17NO. The zero-order chi connectivity index (χ0) is 9.19. The van der Waals surface area contributed by atoms with Gasteiger partial charge in [-0.25, -0.2) is 0 Å². The number of rotatable bonds is 2. The van der Waals surface area contributed by atoms with Gasteiger partial charge in [-0.2, -0.15) is 0 Å². The van der Waals surface area contributed by atoms with Gasteiger partial charge in [-0.15, -0.1) is 0 Å². The van der Waals surface area contributed by atoms with E-state index in [1.54, 1.807) is 6.08 Å². The first-order chi connectivity index (χ1) is 5.54. The number of carbonyl (C=O) groups is 1. The fourth-order valence-corrected chi connectivity index (χ4v) is 1.66. The summed E-state index contributed by atoms with van der Waals surface area (Å²) in [5.74, 6) is 0.111. The molecule has 0 atom stereocenters. The maximum atomic E-state index is 11.6. The van der Waals surface area contributed by atoms with Crippen LogP contribution < -0.4 is 5.73 Å². The first-order valence-electron chi connectivity index (χ1n) is 4.53. The van der Waals surface area contributed by atoms with Crippen LogP contribution in [0, 0.1) is 0 Å². The fraction of sp³-hybridized carbons (Fsp3) is 0.700. The fourth-order valence-electron chi connectivity index (χ4n) is 1.66. The minimum Gasteiger partial charge on any atom is -0.319 e. The Kier molecular flexibility index (Phi) is 2.68. The molecule has 0 spiro atoms. The molecule has 0 unspecified atom stereocenters. The molecule has 1 fully saturated rings. The predicted octanol–water partition coefficient (Wildman–Crippen LogP) is 1.79. The van der Waals surface area contributed by atoms with E-state index in [-0.39, 0.29) is 5.78 Å². The SMILES string of the molecule is CC(C)=CC(=O)C1(N)CCCC1. The van der Waals surface area contributed by atoms with Gasteiger partial charge in [0.05, 0.1) is 5.54 Å². The first-order valence-corrected chi connectivity index (χ1v) is 4.53. The second-order valence-electron chi connectivity index (χ2n) is 3.95. The number of hydrogen-bond donors (Lipinski definition) is 1. The summed E-state index contributed by atoms with van der Waals surface area (Å²) in [6.07, 6.45) is 5.58. The summed E-state index contributed by atoms with van der Waals surface area (Å²) in [7, 11) is 0. The van der Waals surface area contributed by atoms with Crippen LogP contribution in [-0.2, 0) is 4.79 Å². The molecule has 0 saturated heterocycles. The largest absolute Gasteiger partial charge is 0.319 e. The number of ketones is 1. The van der Waals surface area contributed by atoms with Gasteiger partial charge < -0.3 is 5.73 Å². The molecule has 68 valence electrons. The predicted molar refractivity (Wildman–Crippen MR) is 49.8 cm³/mol. The smallest absolute Gasteiger partial charge is 0.175 e. The van der Waals surface area contributed by atoms with Gasteiger partial charge in [-0.3, -0.25) is 4.79 Å². The Hall–Kier alpha value is -0.630. The number of nitrogens with two attached hydrogens (primary N) is 1. The molecule has 0 amide bonds. The summed E-state index contributed by atoms with van der Waals surface area (Å²) in [5, 5.41) is 0. The van der Waals surface area contributed by atoms with Crippen LogP contribution >= 0.6 is 0 Å². The van der Waals surface area contributed by atoms with Gasteiger partial charge in [0, 0.05) is 0 Å². The highest BCUT2D eigenvalue weighted by Gasteiger charge is 2.35. The van der Waals surface area contributed by atoms with Crippen LogP contribution in [0.3, 0.4) is 0 Å². The van der Waals surface area contributed by atoms with Crippen molar-refractivity contribution in [3.05, 3.63) is 11.6 Å². The van der Waals surface area contributed by atoms with Gasteiger partial charge in [0.25, 0.3) is 0 Å². The molecule has 12 heavy (non-hydrogen) atoms. The van der Waals surface area contributed by atoms with Gasteiger partial charge in [0.1, 0.15) is 0 Å². The molecule has 0 aromatic heterocycles. The first kappa shape index (κ1) is 9.46. The normalized spacial score (nSPS) is 20.6. The van der Waals surface area contributed by atoms with Crippen LogP contribution in [0.4, 0.5) is 0 Å². The van der Waals surface area contributed by atoms with Crippen molar-refractivity contribution in [2.45, 2.75) is 45.1 Å².